The van der Waals surface area contributed by atoms with E-state index in [1.165, 1.54) is 29.2 Å². The highest BCUT2D eigenvalue weighted by molar-refractivity contribution is 5.94. The zero-order chi connectivity index (χ0) is 24.2. The predicted octanol–water partition coefficient (Wildman–Crippen LogP) is 2.05. The van der Waals surface area contributed by atoms with Crippen molar-refractivity contribution < 1.29 is 9.72 Å². The molecule has 1 N–H and O–H groups in total. The summed E-state index contributed by atoms with van der Waals surface area (Å²) in [6, 6.07) is 13.3. The molecule has 0 unspecified atom stereocenters. The predicted molar refractivity (Wildman–Crippen MR) is 127 cm³/mol. The second-order valence-electron chi connectivity index (χ2n) is 7.90. The van der Waals surface area contributed by atoms with Crippen molar-refractivity contribution in [2.24, 2.45) is 0 Å². The highest BCUT2D eigenvalue weighted by Crippen LogP contribution is 2.14. The van der Waals surface area contributed by atoms with Crippen molar-refractivity contribution in [2.75, 3.05) is 25.5 Å². The Morgan fingerprint density at radius 3 is 2.47 bits per heavy atom. The Bertz CT molecular complexity index is 1390. The van der Waals surface area contributed by atoms with Gasteiger partial charge in [0.05, 0.1) is 24.2 Å². The molecule has 0 bridgehead atoms. The first-order valence-electron chi connectivity index (χ1n) is 10.5. The normalized spacial score (nSPS) is 10.9. The molecular formula is C23H23N7O4. The van der Waals surface area contributed by atoms with Crippen molar-refractivity contribution >= 4 is 28.3 Å². The Kier molecular flexibility index (Phi) is 6.35. The molecule has 1 amide bonds. The van der Waals surface area contributed by atoms with Gasteiger partial charge in [-0.05, 0) is 29.8 Å². The van der Waals surface area contributed by atoms with Crippen LogP contribution < -0.4 is 15.8 Å². The minimum atomic E-state index is -0.471. The van der Waals surface area contributed by atoms with E-state index in [4.69, 9.17) is 0 Å². The van der Waals surface area contributed by atoms with Crippen LogP contribution in [0.4, 0.5) is 11.4 Å². The van der Waals surface area contributed by atoms with Gasteiger partial charge in [-0.3, -0.25) is 24.3 Å². The molecule has 0 aliphatic carbocycles. The number of amides is 1. The van der Waals surface area contributed by atoms with Crippen LogP contribution in [0.3, 0.4) is 0 Å². The van der Waals surface area contributed by atoms with Crippen LogP contribution in [0.15, 0.2) is 65.8 Å². The fourth-order valence-electron chi connectivity index (χ4n) is 3.48. The van der Waals surface area contributed by atoms with Crippen molar-refractivity contribution in [3.05, 3.63) is 92.7 Å². The summed E-state index contributed by atoms with van der Waals surface area (Å²) >= 11 is 0. The summed E-state index contributed by atoms with van der Waals surface area (Å²) < 4.78 is 3.00. The SMILES string of the molecule is CN(C)c1ccc(C(=O)NCCn2ncc3c(=O)n(Cc4ccc([N+](=O)[O-])cc4)cnc32)cc1. The average Bonchev–Trinajstić information content (AvgIpc) is 3.25. The van der Waals surface area contributed by atoms with Crippen LogP contribution in [-0.4, -0.2) is 50.8 Å². The molecule has 2 aromatic carbocycles. The average molecular weight is 461 g/mol. The highest BCUT2D eigenvalue weighted by atomic mass is 16.6. The third kappa shape index (κ3) is 4.77. The number of aromatic nitrogens is 4. The van der Waals surface area contributed by atoms with Gasteiger partial charge in [0.1, 0.15) is 11.7 Å². The molecule has 2 aromatic heterocycles. The zero-order valence-corrected chi connectivity index (χ0v) is 18.7. The molecule has 11 heteroatoms. The molecule has 11 nitrogen and oxygen atoms in total. The van der Waals surface area contributed by atoms with E-state index in [0.29, 0.717) is 29.7 Å². The molecule has 0 aliphatic heterocycles. The smallest absolute Gasteiger partial charge is 0.269 e. The van der Waals surface area contributed by atoms with Gasteiger partial charge in [0.15, 0.2) is 5.65 Å². The molecule has 0 spiro atoms. The number of carbonyl (C=O) groups excluding carboxylic acids is 1. The van der Waals surface area contributed by atoms with Gasteiger partial charge in [-0.15, -0.1) is 0 Å². The molecule has 2 heterocycles. The summed E-state index contributed by atoms with van der Waals surface area (Å²) in [7, 11) is 3.87. The number of nitrogens with zero attached hydrogens (tertiary/aromatic N) is 6. The van der Waals surface area contributed by atoms with Crippen LogP contribution in [0, 0.1) is 10.1 Å². The van der Waals surface area contributed by atoms with Crippen LogP contribution in [-0.2, 0) is 13.1 Å². The maximum atomic E-state index is 12.9. The molecule has 0 saturated carbocycles. The lowest BCUT2D eigenvalue weighted by atomic mass is 10.2. The van der Waals surface area contributed by atoms with Gasteiger partial charge in [-0.2, -0.15) is 5.10 Å². The fraction of sp³-hybridized carbons (Fsp3) is 0.217. The molecule has 174 valence electrons. The second kappa shape index (κ2) is 9.53. The Hall–Kier alpha value is -4.54. The van der Waals surface area contributed by atoms with E-state index in [9.17, 15) is 19.7 Å². The lowest BCUT2D eigenvalue weighted by Crippen LogP contribution is -2.28. The zero-order valence-electron chi connectivity index (χ0n) is 18.7. The van der Waals surface area contributed by atoms with Gasteiger partial charge < -0.3 is 10.2 Å². The highest BCUT2D eigenvalue weighted by Gasteiger charge is 2.12. The molecule has 0 aliphatic rings. The third-order valence-electron chi connectivity index (χ3n) is 5.38. The molecule has 0 atom stereocenters. The monoisotopic (exact) mass is 461 g/mol. The summed E-state index contributed by atoms with van der Waals surface area (Å²) in [5.74, 6) is -0.194. The lowest BCUT2D eigenvalue weighted by Gasteiger charge is -2.12. The van der Waals surface area contributed by atoms with Gasteiger partial charge in [-0.1, -0.05) is 12.1 Å². The molecular weight excluding hydrogens is 438 g/mol. The van der Waals surface area contributed by atoms with Crippen LogP contribution >= 0.6 is 0 Å². The van der Waals surface area contributed by atoms with Crippen LogP contribution in [0.1, 0.15) is 15.9 Å². The topological polar surface area (TPSA) is 128 Å². The minimum Gasteiger partial charge on any atom is -0.378 e. The van der Waals surface area contributed by atoms with Crippen molar-refractivity contribution in [2.45, 2.75) is 13.1 Å². The first-order chi connectivity index (χ1) is 16.3. The minimum absolute atomic E-state index is 0.0105. The Balaban J connectivity index is 1.41. The van der Waals surface area contributed by atoms with Gasteiger partial charge in [0, 0.05) is 44.0 Å². The van der Waals surface area contributed by atoms with Crippen LogP contribution in [0.5, 0.6) is 0 Å². The van der Waals surface area contributed by atoms with Gasteiger partial charge in [0.2, 0.25) is 0 Å². The van der Waals surface area contributed by atoms with Crippen molar-refractivity contribution in [3.63, 3.8) is 0 Å². The standard InChI is InChI=1S/C23H23N7O4/c1-27(2)18-9-5-17(6-10-18)22(31)24-11-12-29-21-20(13-26-29)23(32)28(15-25-21)14-16-3-7-19(8-4-16)30(33)34/h3-10,13,15H,11-12,14H2,1-2H3,(H,24,31). The van der Waals surface area contributed by atoms with Crippen LogP contribution in [0.2, 0.25) is 0 Å². The summed E-state index contributed by atoms with van der Waals surface area (Å²) in [6.45, 7) is 0.899. The number of nitro groups is 1. The van der Waals surface area contributed by atoms with Crippen molar-refractivity contribution in [1.82, 2.24) is 24.6 Å². The van der Waals surface area contributed by atoms with E-state index in [0.717, 1.165) is 11.3 Å². The number of non-ortho nitro benzene ring substituents is 1. The number of fused-ring (bicyclic) bond motifs is 1. The van der Waals surface area contributed by atoms with E-state index in [-0.39, 0.29) is 23.7 Å². The quantitative estimate of drug-likeness (QED) is 0.314. The number of rotatable bonds is 8. The molecule has 0 fully saturated rings. The van der Waals surface area contributed by atoms with Gasteiger partial charge in [0.25, 0.3) is 17.2 Å². The van der Waals surface area contributed by atoms with E-state index in [2.05, 4.69) is 15.4 Å². The van der Waals surface area contributed by atoms with Crippen molar-refractivity contribution in [1.29, 1.82) is 0 Å². The number of carbonyl (C=O) groups is 1. The summed E-state index contributed by atoms with van der Waals surface area (Å²) in [5, 5.41) is 18.2. The Morgan fingerprint density at radius 1 is 1.12 bits per heavy atom. The molecule has 0 radical (unpaired) electrons. The molecule has 4 aromatic rings. The molecule has 0 saturated heterocycles. The first kappa shape index (κ1) is 22.6. The summed E-state index contributed by atoms with van der Waals surface area (Å²) in [4.78, 5) is 41.9. The maximum Gasteiger partial charge on any atom is 0.269 e. The molecule has 4 rings (SSSR count). The van der Waals surface area contributed by atoms with Crippen LogP contribution in [0.25, 0.3) is 11.0 Å². The summed E-state index contributed by atoms with van der Waals surface area (Å²) in [5.41, 5.74) is 2.45. The number of nitrogens with one attached hydrogen (secondary N) is 1. The molecule has 34 heavy (non-hydrogen) atoms. The summed E-state index contributed by atoms with van der Waals surface area (Å²) in [6.07, 6.45) is 2.88. The third-order valence-corrected chi connectivity index (χ3v) is 5.38. The van der Waals surface area contributed by atoms with Gasteiger partial charge in [-0.25, -0.2) is 9.67 Å². The number of hydrogen-bond donors (Lipinski definition) is 1. The Morgan fingerprint density at radius 2 is 1.82 bits per heavy atom. The van der Waals surface area contributed by atoms with E-state index >= 15 is 0 Å². The fourth-order valence-corrected chi connectivity index (χ4v) is 3.48. The van der Waals surface area contributed by atoms with E-state index in [1.807, 2.05) is 31.1 Å². The lowest BCUT2D eigenvalue weighted by molar-refractivity contribution is -0.384. The second-order valence-corrected chi connectivity index (χ2v) is 7.90. The van der Waals surface area contributed by atoms with E-state index in [1.54, 1.807) is 28.9 Å². The Labute approximate surface area is 194 Å². The number of anilines is 1. The largest absolute Gasteiger partial charge is 0.378 e. The number of hydrogen-bond acceptors (Lipinski definition) is 7. The van der Waals surface area contributed by atoms with E-state index < -0.39 is 4.92 Å². The first-order valence-corrected chi connectivity index (χ1v) is 10.5. The maximum absolute atomic E-state index is 12.9. The van der Waals surface area contributed by atoms with Gasteiger partial charge >= 0.3 is 0 Å². The van der Waals surface area contributed by atoms with Crippen molar-refractivity contribution in [3.8, 4) is 0 Å². The number of nitro benzene ring substituents is 1. The number of benzene rings is 2.